The fourth-order valence-corrected chi connectivity index (χ4v) is 1.85. The molecule has 1 rings (SSSR count). The molecule has 2 nitrogen and oxygen atoms in total. The zero-order chi connectivity index (χ0) is 9.14. The zero-order valence-corrected chi connectivity index (χ0v) is 9.12. The van der Waals surface area contributed by atoms with Gasteiger partial charge in [-0.3, -0.25) is 0 Å². The summed E-state index contributed by atoms with van der Waals surface area (Å²) in [5, 5.41) is 1.04. The average Bonchev–Trinajstić information content (AvgIpc) is 1.96. The van der Waals surface area contributed by atoms with Crippen LogP contribution in [0, 0.1) is 6.08 Å². The molecule has 0 aliphatic heterocycles. The first-order valence-electron chi connectivity index (χ1n) is 3.44. The van der Waals surface area contributed by atoms with Gasteiger partial charge in [0.25, 0.3) is 0 Å². The second kappa shape index (κ2) is 4.18. The van der Waals surface area contributed by atoms with E-state index in [0.29, 0.717) is 10.3 Å². The summed E-state index contributed by atoms with van der Waals surface area (Å²) in [6.45, 7) is 4.05. The minimum absolute atomic E-state index is 0.385. The molecule has 0 saturated carbocycles. The van der Waals surface area contributed by atoms with Gasteiger partial charge in [-0.2, -0.15) is 9.37 Å². The highest BCUT2D eigenvalue weighted by Crippen LogP contribution is 2.27. The highest BCUT2D eigenvalue weighted by molar-refractivity contribution is 9.10. The van der Waals surface area contributed by atoms with E-state index in [1.165, 1.54) is 18.0 Å². The molecule has 1 aromatic rings. The number of hydrogen-bond acceptors (Lipinski definition) is 3. The normalized spacial score (nSPS) is 10.8. The quantitative estimate of drug-likeness (QED) is 0.459. The Hall–Kier alpha value is -0.160. The Labute approximate surface area is 83.1 Å². The third-order valence-electron chi connectivity index (χ3n) is 1.03. The van der Waals surface area contributed by atoms with Gasteiger partial charge in [-0.05, 0) is 15.9 Å². The standard InChI is InChI=1S/C7H8BrFN2S/c1-4(2)12-6-5(8)3-10-7(9)11-6/h3-4H,1-2H3. The molecule has 0 aliphatic rings. The fourth-order valence-electron chi connectivity index (χ4n) is 0.637. The molecule has 5 heteroatoms. The van der Waals surface area contributed by atoms with Crippen LogP contribution in [0.1, 0.15) is 13.8 Å². The Morgan fingerprint density at radius 1 is 1.58 bits per heavy atom. The summed E-state index contributed by atoms with van der Waals surface area (Å²) < 4.78 is 13.3. The van der Waals surface area contributed by atoms with Crippen molar-refractivity contribution in [1.82, 2.24) is 9.97 Å². The van der Waals surface area contributed by atoms with E-state index >= 15 is 0 Å². The van der Waals surface area contributed by atoms with E-state index in [9.17, 15) is 4.39 Å². The van der Waals surface area contributed by atoms with Crippen molar-refractivity contribution in [2.24, 2.45) is 0 Å². The first-order chi connectivity index (χ1) is 5.59. The topological polar surface area (TPSA) is 25.8 Å². The van der Waals surface area contributed by atoms with Crippen LogP contribution < -0.4 is 0 Å². The molecule has 0 fully saturated rings. The summed E-state index contributed by atoms with van der Waals surface area (Å²) in [6, 6.07) is 0. The molecule has 1 aromatic heterocycles. The van der Waals surface area contributed by atoms with Gasteiger partial charge < -0.3 is 0 Å². The summed E-state index contributed by atoms with van der Waals surface area (Å²) in [6.07, 6.45) is 0.744. The van der Waals surface area contributed by atoms with Crippen LogP contribution in [0.3, 0.4) is 0 Å². The Morgan fingerprint density at radius 2 is 2.25 bits per heavy atom. The summed E-state index contributed by atoms with van der Waals surface area (Å²) in [7, 11) is 0. The van der Waals surface area contributed by atoms with Gasteiger partial charge in [-0.25, -0.2) is 4.98 Å². The SMILES string of the molecule is CC(C)Sc1nc(F)ncc1Br. The molecule has 0 saturated heterocycles. The largest absolute Gasteiger partial charge is 0.309 e. The predicted molar refractivity (Wildman–Crippen MR) is 50.7 cm³/mol. The number of aromatic nitrogens is 2. The molecule has 12 heavy (non-hydrogen) atoms. The van der Waals surface area contributed by atoms with E-state index in [2.05, 4.69) is 25.9 Å². The van der Waals surface area contributed by atoms with Crippen molar-refractivity contribution in [3.63, 3.8) is 0 Å². The van der Waals surface area contributed by atoms with Crippen molar-refractivity contribution in [2.75, 3.05) is 0 Å². The van der Waals surface area contributed by atoms with Crippen LogP contribution in [0.2, 0.25) is 0 Å². The Balaban J connectivity index is 2.90. The van der Waals surface area contributed by atoms with Gasteiger partial charge in [0.05, 0.1) is 4.47 Å². The second-order valence-corrected chi connectivity index (χ2v) is 4.88. The third-order valence-corrected chi connectivity index (χ3v) is 2.88. The molecule has 66 valence electrons. The lowest BCUT2D eigenvalue weighted by Crippen LogP contribution is -1.94. The monoisotopic (exact) mass is 250 g/mol. The zero-order valence-electron chi connectivity index (χ0n) is 6.71. The highest BCUT2D eigenvalue weighted by atomic mass is 79.9. The van der Waals surface area contributed by atoms with Gasteiger partial charge in [0.15, 0.2) is 0 Å². The second-order valence-electron chi connectivity index (χ2n) is 2.46. The first kappa shape index (κ1) is 9.92. The maximum atomic E-state index is 12.5. The molecule has 0 N–H and O–H groups in total. The lowest BCUT2D eigenvalue weighted by Gasteiger charge is -2.04. The molecular weight excluding hydrogens is 243 g/mol. The smallest absolute Gasteiger partial charge is 0.210 e. The minimum Gasteiger partial charge on any atom is -0.210 e. The van der Waals surface area contributed by atoms with Crippen molar-refractivity contribution in [2.45, 2.75) is 24.1 Å². The molecule has 0 amide bonds. The highest BCUT2D eigenvalue weighted by Gasteiger charge is 2.06. The van der Waals surface area contributed by atoms with Crippen LogP contribution in [0.4, 0.5) is 4.39 Å². The van der Waals surface area contributed by atoms with Crippen LogP contribution in [0.5, 0.6) is 0 Å². The van der Waals surface area contributed by atoms with Crippen molar-refractivity contribution in [3.8, 4) is 0 Å². The van der Waals surface area contributed by atoms with Crippen molar-refractivity contribution in [1.29, 1.82) is 0 Å². The fraction of sp³-hybridized carbons (Fsp3) is 0.429. The van der Waals surface area contributed by atoms with Crippen LogP contribution in [-0.4, -0.2) is 15.2 Å². The van der Waals surface area contributed by atoms with E-state index in [4.69, 9.17) is 0 Å². The van der Waals surface area contributed by atoms with Gasteiger partial charge in [0, 0.05) is 11.4 Å². The molecule has 0 atom stereocenters. The molecule has 0 radical (unpaired) electrons. The van der Waals surface area contributed by atoms with E-state index in [0.717, 1.165) is 4.47 Å². The molecule has 0 aliphatic carbocycles. The minimum atomic E-state index is -0.679. The number of rotatable bonds is 2. The third kappa shape index (κ3) is 2.71. The molecule has 0 unspecified atom stereocenters. The van der Waals surface area contributed by atoms with Crippen LogP contribution >= 0.6 is 27.7 Å². The first-order valence-corrected chi connectivity index (χ1v) is 5.11. The van der Waals surface area contributed by atoms with Crippen molar-refractivity contribution < 1.29 is 4.39 Å². The lowest BCUT2D eigenvalue weighted by atomic mass is 10.6. The number of hydrogen-bond donors (Lipinski definition) is 0. The summed E-state index contributed by atoms with van der Waals surface area (Å²) in [4.78, 5) is 7.06. The van der Waals surface area contributed by atoms with Gasteiger partial charge in [0.1, 0.15) is 5.03 Å². The van der Waals surface area contributed by atoms with Crippen molar-refractivity contribution >= 4 is 27.7 Å². The molecule has 0 spiro atoms. The number of nitrogens with zero attached hydrogens (tertiary/aromatic N) is 2. The van der Waals surface area contributed by atoms with Crippen molar-refractivity contribution in [3.05, 3.63) is 16.7 Å². The molecule has 0 bridgehead atoms. The van der Waals surface area contributed by atoms with E-state index < -0.39 is 6.08 Å². The van der Waals surface area contributed by atoms with Crippen LogP contribution in [-0.2, 0) is 0 Å². The Bertz CT molecular complexity index is 280. The van der Waals surface area contributed by atoms with Gasteiger partial charge >= 0.3 is 6.08 Å². The molecule has 0 aromatic carbocycles. The van der Waals surface area contributed by atoms with E-state index in [-0.39, 0.29) is 0 Å². The summed E-state index contributed by atoms with van der Waals surface area (Å²) >= 11 is 4.75. The number of thioether (sulfide) groups is 1. The van der Waals surface area contributed by atoms with E-state index in [1.807, 2.05) is 13.8 Å². The van der Waals surface area contributed by atoms with Gasteiger partial charge in [0.2, 0.25) is 0 Å². The maximum absolute atomic E-state index is 12.5. The number of halogens is 2. The Kier molecular flexibility index (Phi) is 3.46. The summed E-state index contributed by atoms with van der Waals surface area (Å²) in [5.74, 6) is 0. The summed E-state index contributed by atoms with van der Waals surface area (Å²) in [5.41, 5.74) is 0. The van der Waals surface area contributed by atoms with Gasteiger partial charge in [-0.1, -0.05) is 13.8 Å². The lowest BCUT2D eigenvalue weighted by molar-refractivity contribution is 0.525. The van der Waals surface area contributed by atoms with Gasteiger partial charge in [-0.15, -0.1) is 11.8 Å². The Morgan fingerprint density at radius 3 is 2.83 bits per heavy atom. The molecule has 1 heterocycles. The average molecular weight is 251 g/mol. The maximum Gasteiger partial charge on any atom is 0.309 e. The van der Waals surface area contributed by atoms with E-state index in [1.54, 1.807) is 0 Å². The van der Waals surface area contributed by atoms with Crippen LogP contribution in [0.15, 0.2) is 15.7 Å². The van der Waals surface area contributed by atoms with Crippen LogP contribution in [0.25, 0.3) is 0 Å². The molecular formula is C7H8BrFN2S. The predicted octanol–water partition coefficient (Wildman–Crippen LogP) is 2.88.